The van der Waals surface area contributed by atoms with Gasteiger partial charge in [-0.05, 0) is 33.1 Å². The zero-order valence-electron chi connectivity index (χ0n) is 11.3. The minimum atomic E-state index is -0.451. The van der Waals surface area contributed by atoms with Crippen LogP contribution < -0.4 is 16.0 Å². The van der Waals surface area contributed by atoms with Crippen molar-refractivity contribution in [3.63, 3.8) is 0 Å². The van der Waals surface area contributed by atoms with Crippen LogP contribution in [-0.4, -0.2) is 43.8 Å². The van der Waals surface area contributed by atoms with Crippen molar-refractivity contribution in [1.82, 2.24) is 16.0 Å². The second-order valence-corrected chi connectivity index (χ2v) is 4.65. The number of hydrogen-bond donors (Lipinski definition) is 3. The van der Waals surface area contributed by atoms with Crippen LogP contribution in [0, 0.1) is 5.92 Å². The van der Waals surface area contributed by atoms with E-state index in [2.05, 4.69) is 16.0 Å². The highest BCUT2D eigenvalue weighted by atomic mass is 16.5. The average molecular weight is 257 g/mol. The Morgan fingerprint density at radius 2 is 2.11 bits per heavy atom. The van der Waals surface area contributed by atoms with Crippen molar-refractivity contribution in [1.29, 1.82) is 0 Å². The Bertz CT molecular complexity index is 290. The summed E-state index contributed by atoms with van der Waals surface area (Å²) in [7, 11) is 0. The molecule has 0 bridgehead atoms. The first-order valence-corrected chi connectivity index (χ1v) is 6.47. The van der Waals surface area contributed by atoms with Gasteiger partial charge in [-0.2, -0.15) is 0 Å². The number of carbonyl (C=O) groups is 2. The van der Waals surface area contributed by atoms with Gasteiger partial charge in [-0.15, -0.1) is 0 Å². The highest BCUT2D eigenvalue weighted by Gasteiger charge is 2.25. The molecule has 3 unspecified atom stereocenters. The van der Waals surface area contributed by atoms with E-state index in [9.17, 15) is 9.59 Å². The number of rotatable bonds is 5. The summed E-state index contributed by atoms with van der Waals surface area (Å²) in [6, 6.07) is -0.654. The molecule has 1 aliphatic heterocycles. The van der Waals surface area contributed by atoms with Gasteiger partial charge in [0.2, 0.25) is 5.91 Å². The van der Waals surface area contributed by atoms with Crippen molar-refractivity contribution < 1.29 is 14.3 Å². The third kappa shape index (κ3) is 4.62. The molecule has 6 heteroatoms. The summed E-state index contributed by atoms with van der Waals surface area (Å²) < 4.78 is 5.31. The van der Waals surface area contributed by atoms with Crippen LogP contribution in [0.25, 0.3) is 0 Å². The molecule has 1 heterocycles. The lowest BCUT2D eigenvalue weighted by Crippen LogP contribution is -2.51. The van der Waals surface area contributed by atoms with Crippen LogP contribution in [-0.2, 0) is 9.53 Å². The molecule has 0 aromatic carbocycles. The molecule has 3 N–H and O–H groups in total. The highest BCUT2D eigenvalue weighted by Crippen LogP contribution is 2.16. The summed E-state index contributed by atoms with van der Waals surface area (Å²) >= 11 is 0. The van der Waals surface area contributed by atoms with Gasteiger partial charge in [-0.25, -0.2) is 4.79 Å². The zero-order valence-corrected chi connectivity index (χ0v) is 11.3. The molecular weight excluding hydrogens is 234 g/mol. The fourth-order valence-corrected chi connectivity index (χ4v) is 1.98. The first-order chi connectivity index (χ1) is 8.54. The minimum Gasteiger partial charge on any atom is -0.381 e. The first-order valence-electron chi connectivity index (χ1n) is 6.47. The lowest BCUT2D eigenvalue weighted by Gasteiger charge is -2.23. The van der Waals surface area contributed by atoms with Crippen LogP contribution in [0.5, 0.6) is 0 Å². The van der Waals surface area contributed by atoms with Gasteiger partial charge in [-0.3, -0.25) is 10.1 Å². The molecule has 3 amide bonds. The molecule has 0 aromatic rings. The van der Waals surface area contributed by atoms with Crippen LogP contribution in [0.2, 0.25) is 0 Å². The summed E-state index contributed by atoms with van der Waals surface area (Å²) in [6.45, 7) is 7.61. The number of amides is 3. The number of hydrogen-bond acceptors (Lipinski definition) is 4. The number of nitrogens with one attached hydrogen (secondary N) is 3. The van der Waals surface area contributed by atoms with Gasteiger partial charge in [0.25, 0.3) is 0 Å². The highest BCUT2D eigenvalue weighted by molar-refractivity contribution is 5.96. The average Bonchev–Trinajstić information content (AvgIpc) is 2.82. The van der Waals surface area contributed by atoms with Crippen LogP contribution in [0.1, 0.15) is 27.2 Å². The summed E-state index contributed by atoms with van der Waals surface area (Å²) in [5, 5.41) is 8.01. The van der Waals surface area contributed by atoms with Crippen molar-refractivity contribution in [3.8, 4) is 0 Å². The molecule has 18 heavy (non-hydrogen) atoms. The molecule has 1 aliphatic rings. The van der Waals surface area contributed by atoms with E-state index in [1.807, 2.05) is 6.92 Å². The Morgan fingerprint density at radius 3 is 2.67 bits per heavy atom. The van der Waals surface area contributed by atoms with Gasteiger partial charge < -0.3 is 15.4 Å². The smallest absolute Gasteiger partial charge is 0.321 e. The van der Waals surface area contributed by atoms with Gasteiger partial charge in [-0.1, -0.05) is 0 Å². The maximum absolute atomic E-state index is 11.7. The molecule has 1 saturated heterocycles. The van der Waals surface area contributed by atoms with E-state index >= 15 is 0 Å². The summed E-state index contributed by atoms with van der Waals surface area (Å²) in [5.74, 6) is 0.122. The number of urea groups is 1. The van der Waals surface area contributed by atoms with Crippen molar-refractivity contribution in [2.75, 3.05) is 19.8 Å². The van der Waals surface area contributed by atoms with Crippen molar-refractivity contribution in [3.05, 3.63) is 0 Å². The molecule has 0 aromatic heterocycles. The summed E-state index contributed by atoms with van der Waals surface area (Å²) in [6.07, 6.45) is 1.01. The minimum absolute atomic E-state index is 0.197. The summed E-state index contributed by atoms with van der Waals surface area (Å²) in [4.78, 5) is 22.9. The van der Waals surface area contributed by atoms with E-state index in [4.69, 9.17) is 4.74 Å². The van der Waals surface area contributed by atoms with Gasteiger partial charge in [0.05, 0.1) is 12.6 Å². The third-order valence-electron chi connectivity index (χ3n) is 3.15. The van der Waals surface area contributed by atoms with E-state index in [0.29, 0.717) is 12.5 Å². The first kappa shape index (κ1) is 14.9. The summed E-state index contributed by atoms with van der Waals surface area (Å²) in [5.41, 5.74) is 0. The Morgan fingerprint density at radius 1 is 1.39 bits per heavy atom. The third-order valence-corrected chi connectivity index (χ3v) is 3.15. The van der Waals surface area contributed by atoms with Crippen molar-refractivity contribution >= 4 is 11.9 Å². The van der Waals surface area contributed by atoms with Gasteiger partial charge >= 0.3 is 6.03 Å². The molecule has 6 nitrogen and oxygen atoms in total. The quantitative estimate of drug-likeness (QED) is 0.659. The van der Waals surface area contributed by atoms with E-state index < -0.39 is 12.1 Å². The van der Waals surface area contributed by atoms with Crippen LogP contribution in [0.15, 0.2) is 0 Å². The zero-order chi connectivity index (χ0) is 13.5. The topological polar surface area (TPSA) is 79.5 Å². The number of ether oxygens (including phenoxy) is 1. The Labute approximate surface area is 108 Å². The Kier molecular flexibility index (Phi) is 6.07. The van der Waals surface area contributed by atoms with E-state index in [1.54, 1.807) is 13.8 Å². The number of carbonyl (C=O) groups excluding carboxylic acids is 2. The lowest BCUT2D eigenvalue weighted by atomic mass is 10.00. The SMILES string of the molecule is CCNC(=O)NC(=O)C(C)NC(C)C1CCOC1. The predicted molar refractivity (Wildman–Crippen MR) is 68.2 cm³/mol. The second kappa shape index (κ2) is 7.33. The van der Waals surface area contributed by atoms with Crippen LogP contribution in [0.3, 0.4) is 0 Å². The fraction of sp³-hybridized carbons (Fsp3) is 0.833. The van der Waals surface area contributed by atoms with Crippen LogP contribution in [0.4, 0.5) is 4.79 Å². The van der Waals surface area contributed by atoms with Gasteiger partial charge in [0, 0.05) is 19.2 Å². The maximum atomic E-state index is 11.7. The monoisotopic (exact) mass is 257 g/mol. The molecule has 1 fully saturated rings. The largest absolute Gasteiger partial charge is 0.381 e. The van der Waals surface area contributed by atoms with E-state index in [0.717, 1.165) is 19.6 Å². The fourth-order valence-electron chi connectivity index (χ4n) is 1.98. The molecule has 0 spiro atoms. The van der Waals surface area contributed by atoms with Crippen molar-refractivity contribution in [2.24, 2.45) is 5.92 Å². The molecule has 104 valence electrons. The van der Waals surface area contributed by atoms with Gasteiger partial charge in [0.1, 0.15) is 0 Å². The normalized spacial score (nSPS) is 22.3. The number of imide groups is 1. The molecule has 1 rings (SSSR count). The Balaban J connectivity index is 2.32. The lowest BCUT2D eigenvalue weighted by molar-refractivity contribution is -0.121. The Hall–Kier alpha value is -1.14. The molecular formula is C12H23N3O3. The van der Waals surface area contributed by atoms with Crippen LogP contribution >= 0.6 is 0 Å². The molecule has 3 atom stereocenters. The van der Waals surface area contributed by atoms with Gasteiger partial charge in [0.15, 0.2) is 0 Å². The van der Waals surface area contributed by atoms with E-state index in [-0.39, 0.29) is 11.9 Å². The standard InChI is InChI=1S/C12H23N3O3/c1-4-13-12(17)15-11(16)9(3)14-8(2)10-5-6-18-7-10/h8-10,14H,4-7H2,1-3H3,(H2,13,15,16,17). The molecule has 0 saturated carbocycles. The molecule has 0 radical (unpaired) electrons. The second-order valence-electron chi connectivity index (χ2n) is 4.65. The predicted octanol–water partition coefficient (Wildman–Crippen LogP) is 0.235. The molecule has 0 aliphatic carbocycles. The van der Waals surface area contributed by atoms with Crippen molar-refractivity contribution in [2.45, 2.75) is 39.3 Å². The maximum Gasteiger partial charge on any atom is 0.321 e. The van der Waals surface area contributed by atoms with E-state index in [1.165, 1.54) is 0 Å².